The van der Waals surface area contributed by atoms with Crippen molar-refractivity contribution < 1.29 is 19.7 Å². The third-order valence-corrected chi connectivity index (χ3v) is 4.89. The molecule has 0 saturated carbocycles. The second-order valence-electron chi connectivity index (χ2n) is 6.73. The van der Waals surface area contributed by atoms with E-state index in [9.17, 15) is 19.8 Å². The van der Waals surface area contributed by atoms with Crippen LogP contribution in [-0.2, 0) is 6.54 Å². The summed E-state index contributed by atoms with van der Waals surface area (Å²) in [5, 5.41) is 20.2. The number of fused-ring (bicyclic) bond motifs is 1. The number of carboxylic acid groups (broad SMARTS) is 1. The van der Waals surface area contributed by atoms with Gasteiger partial charge in [0.15, 0.2) is 11.4 Å². The fraction of sp³-hybridized carbons (Fsp3) is 0.0870. The highest BCUT2D eigenvalue weighted by Gasteiger charge is 2.20. The molecule has 0 aliphatic rings. The van der Waals surface area contributed by atoms with E-state index in [4.69, 9.17) is 4.74 Å². The maximum absolute atomic E-state index is 13.4. The van der Waals surface area contributed by atoms with Gasteiger partial charge in [-0.2, -0.15) is 0 Å². The van der Waals surface area contributed by atoms with Gasteiger partial charge in [0.1, 0.15) is 5.75 Å². The number of pyridine rings is 2. The molecule has 2 aromatic carbocycles. The molecular weight excluding hydrogens is 384 g/mol. The first-order chi connectivity index (χ1) is 14.5. The number of benzene rings is 2. The zero-order valence-electron chi connectivity index (χ0n) is 16.1. The lowest BCUT2D eigenvalue weighted by molar-refractivity contribution is 0.0687. The van der Waals surface area contributed by atoms with Crippen molar-refractivity contribution in [2.24, 2.45) is 0 Å². The number of aromatic carboxylic acids is 1. The van der Waals surface area contributed by atoms with Crippen LogP contribution < -0.4 is 10.3 Å². The van der Waals surface area contributed by atoms with Crippen molar-refractivity contribution in [2.45, 2.75) is 6.54 Å². The molecule has 2 N–H and O–H groups in total. The maximum atomic E-state index is 13.4. The van der Waals surface area contributed by atoms with E-state index in [-0.39, 0.29) is 17.5 Å². The molecule has 0 atom stereocenters. The normalized spacial score (nSPS) is 10.8. The Hall–Kier alpha value is -4.13. The molecule has 0 saturated heterocycles. The Morgan fingerprint density at radius 1 is 1.10 bits per heavy atom. The summed E-state index contributed by atoms with van der Waals surface area (Å²) >= 11 is 0. The topological polar surface area (TPSA) is 102 Å². The molecular formula is C23H18N2O5. The quantitative estimate of drug-likeness (QED) is 0.530. The predicted molar refractivity (Wildman–Crippen MR) is 112 cm³/mol. The van der Waals surface area contributed by atoms with Crippen molar-refractivity contribution in [3.05, 3.63) is 88.5 Å². The molecule has 150 valence electrons. The summed E-state index contributed by atoms with van der Waals surface area (Å²) < 4.78 is 6.74. The van der Waals surface area contributed by atoms with Gasteiger partial charge in [-0.25, -0.2) is 9.78 Å². The minimum Gasteiger partial charge on any atom is -0.505 e. The van der Waals surface area contributed by atoms with Gasteiger partial charge in [0.2, 0.25) is 0 Å². The second-order valence-corrected chi connectivity index (χ2v) is 6.73. The Kier molecular flexibility index (Phi) is 4.93. The number of aromatic hydroxyl groups is 1. The molecule has 30 heavy (non-hydrogen) atoms. The van der Waals surface area contributed by atoms with Crippen molar-refractivity contribution in [3.63, 3.8) is 0 Å². The molecule has 4 rings (SSSR count). The molecule has 7 heteroatoms. The average molecular weight is 402 g/mol. The lowest BCUT2D eigenvalue weighted by atomic mass is 10.0. The number of methoxy groups -OCH3 is 1. The Labute approximate surface area is 171 Å². The number of hydrogen-bond acceptors (Lipinski definition) is 5. The molecule has 2 aromatic heterocycles. The van der Waals surface area contributed by atoms with Gasteiger partial charge in [-0.05, 0) is 29.3 Å². The smallest absolute Gasteiger partial charge is 0.358 e. The highest BCUT2D eigenvalue weighted by atomic mass is 16.5. The first kappa shape index (κ1) is 19.2. The molecule has 0 amide bonds. The van der Waals surface area contributed by atoms with Crippen LogP contribution in [0.3, 0.4) is 0 Å². The third kappa shape index (κ3) is 3.37. The van der Waals surface area contributed by atoms with Crippen molar-refractivity contribution in [3.8, 4) is 22.6 Å². The van der Waals surface area contributed by atoms with Crippen LogP contribution in [-0.4, -0.2) is 32.8 Å². The standard InChI is InChI=1S/C23H18N2O5/c1-30-16-9-5-8-15(10-16)17-11-18-19(12-24-20(21(18)26)23(28)29)25(22(17)27)13-14-6-3-2-4-7-14/h2-12,26H,13H2,1H3,(H,28,29). The Morgan fingerprint density at radius 2 is 1.87 bits per heavy atom. The first-order valence-corrected chi connectivity index (χ1v) is 9.16. The number of carboxylic acids is 1. The van der Waals surface area contributed by atoms with E-state index >= 15 is 0 Å². The van der Waals surface area contributed by atoms with E-state index in [1.807, 2.05) is 30.3 Å². The van der Waals surface area contributed by atoms with Crippen LogP contribution >= 0.6 is 0 Å². The van der Waals surface area contributed by atoms with Gasteiger partial charge in [-0.1, -0.05) is 42.5 Å². The first-order valence-electron chi connectivity index (χ1n) is 9.16. The second kappa shape index (κ2) is 7.71. The fourth-order valence-electron chi connectivity index (χ4n) is 3.40. The molecule has 0 spiro atoms. The SMILES string of the molecule is COc1cccc(-c2cc3c(O)c(C(=O)O)ncc3n(Cc3ccccc3)c2=O)c1. The van der Waals surface area contributed by atoms with Crippen LogP contribution in [0.4, 0.5) is 0 Å². The van der Waals surface area contributed by atoms with Crippen LogP contribution in [0.15, 0.2) is 71.7 Å². The predicted octanol–water partition coefficient (Wildman–Crippen LogP) is 3.52. The molecule has 0 aliphatic heterocycles. The highest BCUT2D eigenvalue weighted by molar-refractivity contribution is 5.98. The summed E-state index contributed by atoms with van der Waals surface area (Å²) in [6.45, 7) is 0.238. The van der Waals surface area contributed by atoms with Crippen molar-refractivity contribution >= 4 is 16.9 Å². The lowest BCUT2D eigenvalue weighted by Gasteiger charge is -2.15. The lowest BCUT2D eigenvalue weighted by Crippen LogP contribution is -2.23. The largest absolute Gasteiger partial charge is 0.505 e. The summed E-state index contributed by atoms with van der Waals surface area (Å²) in [5.41, 5.74) is 1.38. The van der Waals surface area contributed by atoms with Gasteiger partial charge in [0, 0.05) is 10.9 Å². The molecule has 0 radical (unpaired) electrons. The summed E-state index contributed by atoms with van der Waals surface area (Å²) in [5.74, 6) is -1.25. The zero-order chi connectivity index (χ0) is 21.3. The van der Waals surface area contributed by atoms with Gasteiger partial charge in [-0.3, -0.25) is 4.79 Å². The van der Waals surface area contributed by atoms with E-state index in [1.165, 1.54) is 23.9 Å². The summed E-state index contributed by atoms with van der Waals surface area (Å²) in [4.78, 5) is 28.7. The number of rotatable bonds is 5. The third-order valence-electron chi connectivity index (χ3n) is 4.89. The number of hydrogen-bond donors (Lipinski definition) is 2. The number of carbonyl (C=O) groups is 1. The minimum atomic E-state index is -1.35. The van der Waals surface area contributed by atoms with Crippen molar-refractivity contribution in [1.82, 2.24) is 9.55 Å². The molecule has 0 bridgehead atoms. The van der Waals surface area contributed by atoms with E-state index in [1.54, 1.807) is 24.3 Å². The van der Waals surface area contributed by atoms with E-state index in [0.29, 0.717) is 22.4 Å². The van der Waals surface area contributed by atoms with Crippen LogP contribution in [0.5, 0.6) is 11.5 Å². The molecule has 0 fully saturated rings. The van der Waals surface area contributed by atoms with Crippen LogP contribution in [0, 0.1) is 0 Å². The fourth-order valence-corrected chi connectivity index (χ4v) is 3.40. The van der Waals surface area contributed by atoms with Gasteiger partial charge in [0.25, 0.3) is 5.56 Å². The molecule has 4 aromatic rings. The Morgan fingerprint density at radius 3 is 2.57 bits per heavy atom. The zero-order valence-corrected chi connectivity index (χ0v) is 16.1. The van der Waals surface area contributed by atoms with Crippen LogP contribution in [0.25, 0.3) is 22.0 Å². The number of aromatic nitrogens is 2. The Balaban J connectivity index is 2.04. The number of nitrogens with zero attached hydrogens (tertiary/aromatic N) is 2. The monoisotopic (exact) mass is 402 g/mol. The summed E-state index contributed by atoms with van der Waals surface area (Å²) in [6, 6.07) is 17.9. The van der Waals surface area contributed by atoms with Gasteiger partial charge >= 0.3 is 5.97 Å². The van der Waals surface area contributed by atoms with Crippen LogP contribution in [0.2, 0.25) is 0 Å². The molecule has 7 nitrogen and oxygen atoms in total. The van der Waals surface area contributed by atoms with E-state index in [2.05, 4.69) is 4.98 Å². The highest BCUT2D eigenvalue weighted by Crippen LogP contribution is 2.31. The van der Waals surface area contributed by atoms with E-state index in [0.717, 1.165) is 5.56 Å². The van der Waals surface area contributed by atoms with Gasteiger partial charge in [-0.15, -0.1) is 0 Å². The average Bonchev–Trinajstić information content (AvgIpc) is 2.76. The van der Waals surface area contributed by atoms with Crippen LogP contribution in [0.1, 0.15) is 16.1 Å². The van der Waals surface area contributed by atoms with Crippen molar-refractivity contribution in [2.75, 3.05) is 7.11 Å². The maximum Gasteiger partial charge on any atom is 0.358 e. The van der Waals surface area contributed by atoms with Gasteiger partial charge in [0.05, 0.1) is 25.4 Å². The van der Waals surface area contributed by atoms with Gasteiger partial charge < -0.3 is 19.5 Å². The summed E-state index contributed by atoms with van der Waals surface area (Å²) in [6.07, 6.45) is 1.30. The summed E-state index contributed by atoms with van der Waals surface area (Å²) in [7, 11) is 1.53. The van der Waals surface area contributed by atoms with Crippen molar-refractivity contribution in [1.29, 1.82) is 0 Å². The molecule has 0 unspecified atom stereocenters. The Bertz CT molecular complexity index is 1310. The number of ether oxygens (including phenoxy) is 1. The minimum absolute atomic E-state index is 0.232. The molecule has 0 aliphatic carbocycles. The van der Waals surface area contributed by atoms with E-state index < -0.39 is 17.4 Å². The molecule has 2 heterocycles.